The van der Waals surface area contributed by atoms with Crippen LogP contribution in [0.1, 0.15) is 38.8 Å². The van der Waals surface area contributed by atoms with E-state index >= 15 is 0 Å². The van der Waals surface area contributed by atoms with Gasteiger partial charge in [-0.05, 0) is 12.1 Å². The predicted molar refractivity (Wildman–Crippen MR) is 85.4 cm³/mol. The lowest BCUT2D eigenvalue weighted by Gasteiger charge is -2.09. The van der Waals surface area contributed by atoms with Crippen molar-refractivity contribution in [1.82, 2.24) is 0 Å². The fraction of sp³-hybridized carbons (Fsp3) is 0.111. The smallest absolute Gasteiger partial charge is 0.339 e. The Morgan fingerprint density at radius 2 is 1.86 bits per heavy atom. The number of carbonyl (C=O) groups excluding carboxylic acids is 2. The van der Waals surface area contributed by atoms with Gasteiger partial charge in [0.05, 0.1) is 12.0 Å². The average Bonchev–Trinajstić information content (AvgIpc) is 3.10. The molecule has 0 aliphatic carbocycles. The molecule has 0 spiro atoms. The number of cyclic esters (lactones) is 1. The molecule has 1 atom stereocenters. The molecule has 2 heterocycles. The Labute approximate surface area is 131 Å². The van der Waals surface area contributed by atoms with Gasteiger partial charge in [0.25, 0.3) is 0 Å². The van der Waals surface area contributed by atoms with Gasteiger partial charge < -0.3 is 4.74 Å². The van der Waals surface area contributed by atoms with Crippen molar-refractivity contribution in [3.8, 4) is 0 Å². The van der Waals surface area contributed by atoms with Gasteiger partial charge in [-0.15, -0.1) is 11.3 Å². The monoisotopic (exact) mass is 308 g/mol. The summed E-state index contributed by atoms with van der Waals surface area (Å²) in [5.74, 6) is -0.337. The Bertz CT molecular complexity index is 894. The van der Waals surface area contributed by atoms with Gasteiger partial charge in [0.1, 0.15) is 6.10 Å². The van der Waals surface area contributed by atoms with Crippen LogP contribution in [-0.2, 0) is 4.74 Å². The number of benzene rings is 2. The van der Waals surface area contributed by atoms with Crippen LogP contribution < -0.4 is 0 Å². The van der Waals surface area contributed by atoms with Gasteiger partial charge in [-0.25, -0.2) is 4.79 Å². The van der Waals surface area contributed by atoms with Crippen LogP contribution in [0.25, 0.3) is 10.1 Å². The molecule has 0 unspecified atom stereocenters. The third-order valence-electron chi connectivity index (χ3n) is 3.93. The number of carbonyl (C=O) groups is 2. The molecular formula is C18H12O3S. The van der Waals surface area contributed by atoms with E-state index in [1.54, 1.807) is 23.5 Å². The first kappa shape index (κ1) is 13.2. The largest absolute Gasteiger partial charge is 0.453 e. The molecule has 4 heteroatoms. The maximum atomic E-state index is 12.6. The molecule has 0 bridgehead atoms. The number of thiophene rings is 1. The molecule has 0 amide bonds. The number of hydrogen-bond donors (Lipinski definition) is 0. The summed E-state index contributed by atoms with van der Waals surface area (Å²) in [4.78, 5) is 24.4. The van der Waals surface area contributed by atoms with E-state index in [2.05, 4.69) is 0 Å². The molecule has 0 fully saturated rings. The molecule has 22 heavy (non-hydrogen) atoms. The van der Waals surface area contributed by atoms with Crippen molar-refractivity contribution in [2.75, 3.05) is 0 Å². The number of ketones is 1. The quantitative estimate of drug-likeness (QED) is 0.532. The second kappa shape index (κ2) is 5.07. The molecule has 3 nitrogen and oxygen atoms in total. The molecule has 2 aromatic carbocycles. The van der Waals surface area contributed by atoms with Crippen molar-refractivity contribution >= 4 is 33.2 Å². The molecule has 0 saturated heterocycles. The number of Topliss-reactive ketones (excluding diaryl/α,β-unsaturated/α-hetero) is 1. The second-order valence-electron chi connectivity index (χ2n) is 5.25. The number of esters is 1. The maximum Gasteiger partial charge on any atom is 0.339 e. The number of ether oxygens (including phenoxy) is 1. The van der Waals surface area contributed by atoms with Gasteiger partial charge in [0.2, 0.25) is 0 Å². The summed E-state index contributed by atoms with van der Waals surface area (Å²) in [5.41, 5.74) is 2.08. The minimum atomic E-state index is -0.477. The highest BCUT2D eigenvalue weighted by atomic mass is 32.1. The molecule has 1 aliphatic rings. The molecule has 0 radical (unpaired) electrons. The van der Waals surface area contributed by atoms with Gasteiger partial charge in [-0.1, -0.05) is 36.4 Å². The Balaban J connectivity index is 1.65. The summed E-state index contributed by atoms with van der Waals surface area (Å²) in [6, 6.07) is 15.1. The molecular weight excluding hydrogens is 296 g/mol. The van der Waals surface area contributed by atoms with Crippen LogP contribution in [0.15, 0.2) is 53.9 Å². The van der Waals surface area contributed by atoms with Crippen molar-refractivity contribution in [1.29, 1.82) is 0 Å². The van der Waals surface area contributed by atoms with Crippen LogP contribution in [-0.4, -0.2) is 11.8 Å². The van der Waals surface area contributed by atoms with Gasteiger partial charge >= 0.3 is 5.97 Å². The van der Waals surface area contributed by atoms with Crippen LogP contribution >= 0.6 is 11.3 Å². The lowest BCUT2D eigenvalue weighted by Crippen LogP contribution is -2.07. The van der Waals surface area contributed by atoms with E-state index < -0.39 is 6.10 Å². The van der Waals surface area contributed by atoms with E-state index in [1.165, 1.54) is 0 Å². The van der Waals surface area contributed by atoms with Crippen molar-refractivity contribution < 1.29 is 14.3 Å². The molecule has 1 aliphatic heterocycles. The lowest BCUT2D eigenvalue weighted by molar-refractivity contribution is 0.0367. The Kier molecular flexibility index (Phi) is 3.05. The molecule has 3 aromatic rings. The second-order valence-corrected chi connectivity index (χ2v) is 6.17. The minimum Gasteiger partial charge on any atom is -0.453 e. The van der Waals surface area contributed by atoms with E-state index in [9.17, 15) is 9.59 Å². The fourth-order valence-electron chi connectivity index (χ4n) is 2.84. The predicted octanol–water partition coefficient (Wildman–Crippen LogP) is 4.39. The van der Waals surface area contributed by atoms with Crippen molar-refractivity contribution in [2.24, 2.45) is 0 Å². The first-order valence-electron chi connectivity index (χ1n) is 7.03. The number of hydrogen-bond acceptors (Lipinski definition) is 4. The Morgan fingerprint density at radius 1 is 1.09 bits per heavy atom. The zero-order valence-electron chi connectivity index (χ0n) is 11.6. The summed E-state index contributed by atoms with van der Waals surface area (Å²) >= 11 is 1.56. The molecule has 108 valence electrons. The standard InChI is InChI=1S/C18H12O3S/c19-15(14-10-22-17-8-4-3-6-12(14)17)9-16-11-5-1-2-7-13(11)18(20)21-16/h1-8,10,16H,9H2/t16-/m1/s1. The molecule has 1 aromatic heterocycles. The molecule has 0 saturated carbocycles. The first-order chi connectivity index (χ1) is 10.7. The zero-order valence-corrected chi connectivity index (χ0v) is 12.4. The van der Waals surface area contributed by atoms with Gasteiger partial charge in [-0.3, -0.25) is 4.79 Å². The minimum absolute atomic E-state index is 0.00644. The van der Waals surface area contributed by atoms with Crippen LogP contribution in [0.2, 0.25) is 0 Å². The third-order valence-corrected chi connectivity index (χ3v) is 4.89. The topological polar surface area (TPSA) is 43.4 Å². The summed E-state index contributed by atoms with van der Waals surface area (Å²) in [6.07, 6.45) is -0.293. The molecule has 4 rings (SSSR count). The highest BCUT2D eigenvalue weighted by molar-refractivity contribution is 7.17. The highest BCUT2D eigenvalue weighted by Gasteiger charge is 2.32. The van der Waals surface area contributed by atoms with E-state index in [-0.39, 0.29) is 18.2 Å². The maximum absolute atomic E-state index is 12.6. The van der Waals surface area contributed by atoms with E-state index in [1.807, 2.05) is 41.8 Å². The number of fused-ring (bicyclic) bond motifs is 2. The van der Waals surface area contributed by atoms with E-state index in [0.717, 1.165) is 15.6 Å². The van der Waals surface area contributed by atoms with Crippen LogP contribution in [0.5, 0.6) is 0 Å². The van der Waals surface area contributed by atoms with E-state index in [0.29, 0.717) is 11.1 Å². The van der Waals surface area contributed by atoms with Crippen molar-refractivity contribution in [2.45, 2.75) is 12.5 Å². The molecule has 0 N–H and O–H groups in total. The zero-order chi connectivity index (χ0) is 15.1. The summed E-state index contributed by atoms with van der Waals surface area (Å²) in [7, 11) is 0. The SMILES string of the molecule is O=C1O[C@H](CC(=O)c2csc3ccccc23)c2ccccc21. The average molecular weight is 308 g/mol. The fourth-order valence-corrected chi connectivity index (χ4v) is 3.81. The van der Waals surface area contributed by atoms with Crippen LogP contribution in [0.4, 0.5) is 0 Å². The lowest BCUT2D eigenvalue weighted by atomic mass is 9.98. The van der Waals surface area contributed by atoms with Crippen molar-refractivity contribution in [3.63, 3.8) is 0 Å². The van der Waals surface area contributed by atoms with Crippen molar-refractivity contribution in [3.05, 3.63) is 70.6 Å². The first-order valence-corrected chi connectivity index (χ1v) is 7.91. The number of rotatable bonds is 3. The normalized spacial score (nSPS) is 16.5. The summed E-state index contributed by atoms with van der Waals surface area (Å²) in [6.45, 7) is 0. The van der Waals surface area contributed by atoms with Gasteiger partial charge in [0, 0.05) is 26.6 Å². The van der Waals surface area contributed by atoms with Gasteiger partial charge in [-0.2, -0.15) is 0 Å². The van der Waals surface area contributed by atoms with Gasteiger partial charge in [0.15, 0.2) is 5.78 Å². The van der Waals surface area contributed by atoms with E-state index in [4.69, 9.17) is 4.74 Å². The van der Waals surface area contributed by atoms with Crippen LogP contribution in [0, 0.1) is 0 Å². The Hall–Kier alpha value is -2.46. The van der Waals surface area contributed by atoms with Crippen LogP contribution in [0.3, 0.4) is 0 Å². The third kappa shape index (κ3) is 2.04. The Morgan fingerprint density at radius 3 is 2.77 bits per heavy atom. The summed E-state index contributed by atoms with van der Waals surface area (Å²) in [5, 5.41) is 2.85. The summed E-state index contributed by atoms with van der Waals surface area (Å²) < 4.78 is 6.45. The highest BCUT2D eigenvalue weighted by Crippen LogP contribution is 2.35.